The van der Waals surface area contributed by atoms with Crippen molar-refractivity contribution in [2.45, 2.75) is 19.6 Å². The Bertz CT molecular complexity index is 1290. The van der Waals surface area contributed by atoms with Crippen molar-refractivity contribution in [2.24, 2.45) is 0 Å². The Morgan fingerprint density at radius 1 is 1.09 bits per heavy atom. The fourth-order valence-corrected chi connectivity index (χ4v) is 4.60. The molecule has 0 fully saturated rings. The van der Waals surface area contributed by atoms with E-state index in [1.807, 2.05) is 35.3 Å². The minimum Gasteiger partial charge on any atom is -0.485 e. The van der Waals surface area contributed by atoms with E-state index >= 15 is 0 Å². The number of aromatic nitrogens is 1. The Morgan fingerprint density at radius 3 is 2.70 bits per heavy atom. The van der Waals surface area contributed by atoms with Gasteiger partial charge in [-0.25, -0.2) is 4.39 Å². The van der Waals surface area contributed by atoms with Gasteiger partial charge in [0.25, 0.3) is 5.91 Å². The summed E-state index contributed by atoms with van der Waals surface area (Å²) in [6.07, 6.45) is 1.61. The number of methoxy groups -OCH3 is 1. The second-order valence-electron chi connectivity index (χ2n) is 8.19. The number of benzene rings is 2. The van der Waals surface area contributed by atoms with Crippen LogP contribution in [0.15, 0.2) is 59.5 Å². The van der Waals surface area contributed by atoms with Crippen molar-refractivity contribution in [3.8, 4) is 5.75 Å². The van der Waals surface area contributed by atoms with Crippen LogP contribution in [-0.4, -0.2) is 42.4 Å². The number of halogens is 1. The van der Waals surface area contributed by atoms with Gasteiger partial charge >= 0.3 is 0 Å². The molecule has 8 heteroatoms. The summed E-state index contributed by atoms with van der Waals surface area (Å²) >= 11 is 0. The van der Waals surface area contributed by atoms with Gasteiger partial charge in [0.15, 0.2) is 17.0 Å². The molecular formula is C25H24FN3O4. The maximum Gasteiger partial charge on any atom is 0.274 e. The molecule has 0 bridgehead atoms. The normalized spacial score (nSPS) is 17.1. The van der Waals surface area contributed by atoms with Crippen LogP contribution in [0.3, 0.4) is 0 Å². The van der Waals surface area contributed by atoms with Crippen LogP contribution < -0.4 is 15.2 Å². The molecule has 33 heavy (non-hydrogen) atoms. The molecule has 7 nitrogen and oxygen atoms in total. The number of fused-ring (bicyclic) bond motifs is 3. The van der Waals surface area contributed by atoms with E-state index in [1.54, 1.807) is 35.9 Å². The van der Waals surface area contributed by atoms with Crippen LogP contribution in [-0.2, 0) is 11.3 Å². The van der Waals surface area contributed by atoms with Gasteiger partial charge in [0.2, 0.25) is 0 Å². The topological polar surface area (TPSA) is 64.0 Å². The molecule has 1 amide bonds. The number of para-hydroxylation sites is 1. The van der Waals surface area contributed by atoms with E-state index in [2.05, 4.69) is 0 Å². The van der Waals surface area contributed by atoms with Crippen LogP contribution in [0.5, 0.6) is 5.75 Å². The molecule has 3 heterocycles. The van der Waals surface area contributed by atoms with Crippen molar-refractivity contribution in [2.75, 3.05) is 31.9 Å². The van der Waals surface area contributed by atoms with Crippen molar-refractivity contribution in [1.29, 1.82) is 0 Å². The van der Waals surface area contributed by atoms with Crippen LogP contribution >= 0.6 is 0 Å². The third-order valence-electron chi connectivity index (χ3n) is 6.28. The van der Waals surface area contributed by atoms with Crippen LogP contribution in [0.25, 0.3) is 0 Å². The Morgan fingerprint density at radius 2 is 1.88 bits per heavy atom. The summed E-state index contributed by atoms with van der Waals surface area (Å²) in [5.74, 6) is -0.486. The highest BCUT2D eigenvalue weighted by atomic mass is 19.1. The SMILES string of the molecule is COCCN1CN(C2c3ccccc3COc3c(F)cccc32)n2ccc(=O)c(C)c2C1=O. The highest BCUT2D eigenvalue weighted by molar-refractivity contribution is 5.95. The monoisotopic (exact) mass is 449 g/mol. The molecule has 0 saturated heterocycles. The molecule has 2 aliphatic heterocycles. The summed E-state index contributed by atoms with van der Waals surface area (Å²) < 4.78 is 27.7. The zero-order valence-electron chi connectivity index (χ0n) is 18.5. The first-order chi connectivity index (χ1) is 16.0. The molecular weight excluding hydrogens is 425 g/mol. The van der Waals surface area contributed by atoms with E-state index in [0.717, 1.165) is 11.1 Å². The summed E-state index contributed by atoms with van der Waals surface area (Å²) in [5, 5.41) is 1.98. The molecule has 3 aromatic rings. The largest absolute Gasteiger partial charge is 0.485 e. The standard InChI is InChI=1S/C25H24FN3O4/c1-16-21(30)10-11-28-22(16)25(31)27(12-13-32-2)15-29(28)23-18-7-4-3-6-17(18)14-33-24-19(23)8-5-9-20(24)26/h3-11,23H,12-15H2,1-2H3. The lowest BCUT2D eigenvalue weighted by Crippen LogP contribution is -2.56. The molecule has 0 spiro atoms. The number of carbonyl (C=O) groups excluding carboxylic acids is 1. The first-order valence-corrected chi connectivity index (χ1v) is 10.8. The van der Waals surface area contributed by atoms with Gasteiger partial charge in [-0.05, 0) is 24.1 Å². The smallest absolute Gasteiger partial charge is 0.274 e. The Labute approximate surface area is 190 Å². The predicted molar refractivity (Wildman–Crippen MR) is 120 cm³/mol. The van der Waals surface area contributed by atoms with Crippen LogP contribution in [0.4, 0.5) is 4.39 Å². The number of amides is 1. The molecule has 2 aromatic carbocycles. The number of pyridine rings is 1. The number of ether oxygens (including phenoxy) is 2. The lowest BCUT2D eigenvalue weighted by molar-refractivity contribution is 0.0618. The number of hydrogen-bond donors (Lipinski definition) is 0. The third-order valence-corrected chi connectivity index (χ3v) is 6.28. The fraction of sp³-hybridized carbons (Fsp3) is 0.280. The highest BCUT2D eigenvalue weighted by Gasteiger charge is 2.38. The quantitative estimate of drug-likeness (QED) is 0.613. The highest BCUT2D eigenvalue weighted by Crippen LogP contribution is 2.41. The van der Waals surface area contributed by atoms with E-state index in [9.17, 15) is 14.0 Å². The van der Waals surface area contributed by atoms with E-state index in [-0.39, 0.29) is 30.4 Å². The second-order valence-corrected chi connectivity index (χ2v) is 8.19. The van der Waals surface area contributed by atoms with Gasteiger partial charge in [-0.1, -0.05) is 36.4 Å². The van der Waals surface area contributed by atoms with E-state index < -0.39 is 11.9 Å². The zero-order chi connectivity index (χ0) is 23.1. The average Bonchev–Trinajstić information content (AvgIpc) is 2.98. The summed E-state index contributed by atoms with van der Waals surface area (Å²) in [6.45, 7) is 2.83. The van der Waals surface area contributed by atoms with Gasteiger partial charge in [-0.15, -0.1) is 0 Å². The summed E-state index contributed by atoms with van der Waals surface area (Å²) in [5.41, 5.74) is 2.99. The lowest BCUT2D eigenvalue weighted by atomic mass is 9.94. The summed E-state index contributed by atoms with van der Waals surface area (Å²) in [4.78, 5) is 27.4. The predicted octanol–water partition coefficient (Wildman–Crippen LogP) is 2.98. The minimum absolute atomic E-state index is 0.193. The maximum absolute atomic E-state index is 14.9. The molecule has 1 aromatic heterocycles. The maximum atomic E-state index is 14.9. The Kier molecular flexibility index (Phi) is 5.38. The van der Waals surface area contributed by atoms with Crippen molar-refractivity contribution < 1.29 is 18.7 Å². The van der Waals surface area contributed by atoms with Gasteiger partial charge in [0, 0.05) is 37.0 Å². The molecule has 0 radical (unpaired) electrons. The molecule has 1 unspecified atom stereocenters. The van der Waals surface area contributed by atoms with Crippen molar-refractivity contribution in [3.05, 3.63) is 98.7 Å². The van der Waals surface area contributed by atoms with Gasteiger partial charge in [0.1, 0.15) is 25.0 Å². The molecule has 170 valence electrons. The Balaban J connectivity index is 1.76. The van der Waals surface area contributed by atoms with Crippen molar-refractivity contribution >= 4 is 5.91 Å². The van der Waals surface area contributed by atoms with Crippen molar-refractivity contribution in [1.82, 2.24) is 9.58 Å². The second kappa shape index (κ2) is 8.37. The number of hydrogen-bond acceptors (Lipinski definition) is 5. The zero-order valence-corrected chi connectivity index (χ0v) is 18.5. The number of nitrogens with zero attached hydrogens (tertiary/aromatic N) is 3. The Hall–Kier alpha value is -3.65. The first-order valence-electron chi connectivity index (χ1n) is 10.8. The van der Waals surface area contributed by atoms with Crippen LogP contribution in [0.2, 0.25) is 0 Å². The van der Waals surface area contributed by atoms with Gasteiger partial charge in [-0.2, -0.15) is 0 Å². The van der Waals surface area contributed by atoms with Crippen LogP contribution in [0.1, 0.15) is 38.8 Å². The van der Waals surface area contributed by atoms with E-state index in [4.69, 9.17) is 9.47 Å². The summed E-state index contributed by atoms with van der Waals surface area (Å²) in [6, 6.07) is 13.7. The third kappa shape index (κ3) is 3.47. The van der Waals surface area contributed by atoms with Gasteiger partial charge in [-0.3, -0.25) is 19.3 Å². The molecule has 0 saturated carbocycles. The average molecular weight is 449 g/mol. The van der Waals surface area contributed by atoms with E-state index in [0.29, 0.717) is 30.0 Å². The molecule has 1 atom stereocenters. The molecule has 5 rings (SSSR count). The number of rotatable bonds is 4. The van der Waals surface area contributed by atoms with Gasteiger partial charge < -0.3 is 14.4 Å². The minimum atomic E-state index is -0.451. The summed E-state index contributed by atoms with van der Waals surface area (Å²) in [7, 11) is 1.58. The van der Waals surface area contributed by atoms with Gasteiger partial charge in [0.05, 0.1) is 6.61 Å². The molecule has 2 aliphatic rings. The van der Waals surface area contributed by atoms with Crippen molar-refractivity contribution in [3.63, 3.8) is 0 Å². The lowest BCUT2D eigenvalue weighted by Gasteiger charge is -2.44. The first kappa shape index (κ1) is 21.2. The van der Waals surface area contributed by atoms with E-state index in [1.165, 1.54) is 12.1 Å². The molecule has 0 N–H and O–H groups in total. The van der Waals surface area contributed by atoms with Crippen LogP contribution in [0, 0.1) is 12.7 Å². The number of carbonyl (C=O) groups is 1. The molecule has 0 aliphatic carbocycles. The fourth-order valence-electron chi connectivity index (χ4n) is 4.60.